The molecule has 0 radical (unpaired) electrons. The standard InChI is InChI=1S/C25H25F3N6O3/c26-25(27,28)19-12-21(29)30-14-18(19)20-13-22(32-24(31-20)33-8-10-36-11-9-33)37-17-6-7-34(15-17)23(35)16-4-2-1-3-5-16/h1-5,12-14,17H,6-11,15H2,(H2,29,30)/t17-/m1/s1. The van der Waals surface area contributed by atoms with Crippen molar-refractivity contribution in [2.24, 2.45) is 0 Å². The van der Waals surface area contributed by atoms with Crippen LogP contribution >= 0.6 is 0 Å². The molecule has 0 spiro atoms. The average Bonchev–Trinajstić information content (AvgIpc) is 3.37. The number of likely N-dealkylation sites (tertiary alicyclic amines) is 1. The first-order chi connectivity index (χ1) is 17.8. The average molecular weight is 515 g/mol. The fourth-order valence-corrected chi connectivity index (χ4v) is 4.37. The molecule has 0 bridgehead atoms. The van der Waals surface area contributed by atoms with Gasteiger partial charge in [-0.25, -0.2) is 9.97 Å². The van der Waals surface area contributed by atoms with Crippen LogP contribution in [0, 0.1) is 0 Å². The highest BCUT2D eigenvalue weighted by Crippen LogP contribution is 2.38. The van der Waals surface area contributed by atoms with E-state index in [1.165, 1.54) is 6.07 Å². The number of ether oxygens (including phenoxy) is 2. The highest BCUT2D eigenvalue weighted by Gasteiger charge is 2.35. The van der Waals surface area contributed by atoms with Gasteiger partial charge < -0.3 is 25.0 Å². The maximum atomic E-state index is 13.8. The molecule has 37 heavy (non-hydrogen) atoms. The monoisotopic (exact) mass is 514 g/mol. The van der Waals surface area contributed by atoms with Gasteiger partial charge >= 0.3 is 6.18 Å². The highest BCUT2D eigenvalue weighted by atomic mass is 19.4. The van der Waals surface area contributed by atoms with Gasteiger partial charge in [0.15, 0.2) is 0 Å². The molecule has 2 aliphatic heterocycles. The Hall–Kier alpha value is -3.93. The van der Waals surface area contributed by atoms with Gasteiger partial charge in [-0.2, -0.15) is 18.2 Å². The second kappa shape index (κ2) is 10.2. The predicted molar refractivity (Wildman–Crippen MR) is 129 cm³/mol. The smallest absolute Gasteiger partial charge is 0.417 e. The van der Waals surface area contributed by atoms with Crippen molar-refractivity contribution in [1.29, 1.82) is 0 Å². The molecule has 5 rings (SSSR count). The van der Waals surface area contributed by atoms with E-state index in [1.807, 2.05) is 11.0 Å². The number of alkyl halides is 3. The van der Waals surface area contributed by atoms with E-state index in [9.17, 15) is 18.0 Å². The lowest BCUT2D eigenvalue weighted by Gasteiger charge is -2.27. The number of halogens is 3. The van der Waals surface area contributed by atoms with Gasteiger partial charge in [-0.3, -0.25) is 4.79 Å². The molecule has 9 nitrogen and oxygen atoms in total. The molecule has 2 fully saturated rings. The van der Waals surface area contributed by atoms with Gasteiger partial charge in [0.25, 0.3) is 5.91 Å². The van der Waals surface area contributed by atoms with Gasteiger partial charge in [0, 0.05) is 49.4 Å². The van der Waals surface area contributed by atoms with E-state index in [4.69, 9.17) is 15.2 Å². The number of hydrogen-bond donors (Lipinski definition) is 1. The molecule has 0 saturated carbocycles. The number of benzene rings is 1. The Labute approximate surface area is 211 Å². The zero-order chi connectivity index (χ0) is 26.0. The minimum absolute atomic E-state index is 0.0153. The largest absolute Gasteiger partial charge is 0.472 e. The number of morpholine rings is 1. The summed E-state index contributed by atoms with van der Waals surface area (Å²) in [6.07, 6.45) is -3.42. The minimum atomic E-state index is -4.67. The van der Waals surface area contributed by atoms with Gasteiger partial charge in [0.1, 0.15) is 11.9 Å². The Kier molecular flexibility index (Phi) is 6.83. The molecule has 2 aliphatic rings. The zero-order valence-electron chi connectivity index (χ0n) is 19.8. The van der Waals surface area contributed by atoms with Crippen LogP contribution in [0.5, 0.6) is 5.88 Å². The first-order valence-electron chi connectivity index (χ1n) is 11.8. The van der Waals surface area contributed by atoms with E-state index in [1.54, 1.807) is 29.2 Å². The maximum absolute atomic E-state index is 13.8. The lowest BCUT2D eigenvalue weighted by Crippen LogP contribution is -2.37. The third-order valence-electron chi connectivity index (χ3n) is 6.23. The molecule has 4 heterocycles. The van der Waals surface area contributed by atoms with Crippen LogP contribution in [0.2, 0.25) is 0 Å². The van der Waals surface area contributed by atoms with Crippen LogP contribution in [0.3, 0.4) is 0 Å². The molecular formula is C25H25F3N6O3. The summed E-state index contributed by atoms with van der Waals surface area (Å²) >= 11 is 0. The van der Waals surface area contributed by atoms with Crippen LogP contribution in [0.1, 0.15) is 22.3 Å². The number of amides is 1. The summed E-state index contributed by atoms with van der Waals surface area (Å²) in [5, 5.41) is 0. The van der Waals surface area contributed by atoms with Crippen molar-refractivity contribution in [2.45, 2.75) is 18.7 Å². The molecule has 12 heteroatoms. The predicted octanol–water partition coefficient (Wildman–Crippen LogP) is 3.27. The van der Waals surface area contributed by atoms with Gasteiger partial charge in [-0.05, 0) is 18.2 Å². The first kappa shape index (κ1) is 24.8. The quantitative estimate of drug-likeness (QED) is 0.553. The Bertz CT molecular complexity index is 1270. The van der Waals surface area contributed by atoms with Crippen molar-refractivity contribution in [2.75, 3.05) is 50.0 Å². The normalized spacial score (nSPS) is 18.2. The highest BCUT2D eigenvalue weighted by molar-refractivity contribution is 5.94. The summed E-state index contributed by atoms with van der Waals surface area (Å²) in [7, 11) is 0. The van der Waals surface area contributed by atoms with Crippen molar-refractivity contribution < 1.29 is 27.4 Å². The number of nitrogen functional groups attached to an aromatic ring is 1. The van der Waals surface area contributed by atoms with Crippen molar-refractivity contribution in [3.8, 4) is 17.1 Å². The summed E-state index contributed by atoms with van der Waals surface area (Å²) in [4.78, 5) is 29.1. The molecule has 2 aromatic heterocycles. The van der Waals surface area contributed by atoms with Crippen molar-refractivity contribution in [1.82, 2.24) is 19.9 Å². The molecule has 2 saturated heterocycles. The summed E-state index contributed by atoms with van der Waals surface area (Å²) in [6, 6.07) is 11.1. The molecule has 3 aromatic rings. The molecule has 194 valence electrons. The van der Waals surface area contributed by atoms with Crippen molar-refractivity contribution in [3.63, 3.8) is 0 Å². The molecule has 1 aromatic carbocycles. The first-order valence-corrected chi connectivity index (χ1v) is 11.8. The maximum Gasteiger partial charge on any atom is 0.417 e. The van der Waals surface area contributed by atoms with Crippen LogP contribution in [0.25, 0.3) is 11.3 Å². The van der Waals surface area contributed by atoms with Crippen LogP contribution in [-0.2, 0) is 10.9 Å². The number of anilines is 2. The Morgan fingerprint density at radius 2 is 1.84 bits per heavy atom. The van der Waals surface area contributed by atoms with Gasteiger partial charge in [-0.15, -0.1) is 0 Å². The molecule has 0 aliphatic carbocycles. The Morgan fingerprint density at radius 3 is 2.57 bits per heavy atom. The summed E-state index contributed by atoms with van der Waals surface area (Å²) in [5.74, 6) is 0.00223. The van der Waals surface area contributed by atoms with E-state index in [-0.39, 0.29) is 40.9 Å². The van der Waals surface area contributed by atoms with Crippen LogP contribution in [-0.4, -0.2) is 71.3 Å². The fourth-order valence-electron chi connectivity index (χ4n) is 4.37. The van der Waals surface area contributed by atoms with Crippen LogP contribution < -0.4 is 15.4 Å². The van der Waals surface area contributed by atoms with E-state index in [0.29, 0.717) is 51.4 Å². The van der Waals surface area contributed by atoms with E-state index < -0.39 is 11.7 Å². The Balaban J connectivity index is 1.44. The number of rotatable bonds is 5. The number of nitrogens with zero attached hydrogens (tertiary/aromatic N) is 5. The lowest BCUT2D eigenvalue weighted by molar-refractivity contribution is -0.137. The number of carbonyl (C=O) groups excluding carboxylic acids is 1. The SMILES string of the molecule is Nc1cc(C(F)(F)F)c(-c2cc(O[C@@H]3CCN(C(=O)c4ccccc4)C3)nc(N3CCOCC3)n2)cn1. The molecule has 1 amide bonds. The number of aromatic nitrogens is 3. The van der Waals surface area contributed by atoms with E-state index in [0.717, 1.165) is 12.3 Å². The summed E-state index contributed by atoms with van der Waals surface area (Å²) in [5.41, 5.74) is 4.97. The molecule has 1 atom stereocenters. The zero-order valence-corrected chi connectivity index (χ0v) is 19.8. The van der Waals surface area contributed by atoms with Gasteiger partial charge in [0.2, 0.25) is 11.8 Å². The number of hydrogen-bond acceptors (Lipinski definition) is 8. The third kappa shape index (κ3) is 5.58. The van der Waals surface area contributed by atoms with Crippen LogP contribution in [0.4, 0.5) is 24.9 Å². The topological polar surface area (TPSA) is 107 Å². The van der Waals surface area contributed by atoms with Gasteiger partial charge in [0.05, 0.1) is 31.0 Å². The number of pyridine rings is 1. The molecule has 2 N–H and O–H groups in total. The second-order valence-electron chi connectivity index (χ2n) is 8.79. The molecule has 0 unspecified atom stereocenters. The third-order valence-corrected chi connectivity index (χ3v) is 6.23. The fraction of sp³-hybridized carbons (Fsp3) is 0.360. The number of carbonyl (C=O) groups is 1. The number of nitrogens with two attached hydrogens (primary N) is 1. The van der Waals surface area contributed by atoms with Crippen molar-refractivity contribution in [3.05, 3.63) is 59.8 Å². The molecular weight excluding hydrogens is 489 g/mol. The van der Waals surface area contributed by atoms with E-state index >= 15 is 0 Å². The van der Waals surface area contributed by atoms with Crippen molar-refractivity contribution >= 4 is 17.7 Å². The van der Waals surface area contributed by atoms with Gasteiger partial charge in [-0.1, -0.05) is 18.2 Å². The summed E-state index contributed by atoms with van der Waals surface area (Å²) in [6.45, 7) is 2.68. The minimum Gasteiger partial charge on any atom is -0.472 e. The lowest BCUT2D eigenvalue weighted by atomic mass is 10.1. The van der Waals surface area contributed by atoms with E-state index in [2.05, 4.69) is 15.0 Å². The second-order valence-corrected chi connectivity index (χ2v) is 8.79. The Morgan fingerprint density at radius 1 is 1.08 bits per heavy atom. The van der Waals surface area contributed by atoms with Crippen LogP contribution in [0.15, 0.2) is 48.7 Å². The summed E-state index contributed by atoms with van der Waals surface area (Å²) < 4.78 is 53.0.